The van der Waals surface area contributed by atoms with Crippen LogP contribution in [-0.2, 0) is 0 Å². The average molecular weight is 221 g/mol. The number of rotatable bonds is 4. The van der Waals surface area contributed by atoms with E-state index in [1.807, 2.05) is 24.4 Å². The first-order chi connectivity index (χ1) is 7.31. The Morgan fingerprint density at radius 1 is 1.40 bits per heavy atom. The third-order valence-corrected chi connectivity index (χ3v) is 3.20. The Hall–Kier alpha value is -0.930. The number of benzene rings is 1. The van der Waals surface area contributed by atoms with E-state index < -0.39 is 0 Å². The maximum absolute atomic E-state index is 9.93. The Balaban J connectivity index is 2.19. The van der Waals surface area contributed by atoms with Crippen molar-refractivity contribution in [1.29, 1.82) is 0 Å². The van der Waals surface area contributed by atoms with Crippen LogP contribution < -0.4 is 0 Å². The number of aromatic nitrogens is 1. The van der Waals surface area contributed by atoms with Crippen molar-refractivity contribution in [3.63, 3.8) is 0 Å². The van der Waals surface area contributed by atoms with Crippen LogP contribution in [0.3, 0.4) is 0 Å². The molecule has 1 atom stereocenters. The zero-order valence-electron chi connectivity index (χ0n) is 8.73. The first-order valence-electron chi connectivity index (χ1n) is 5.05. The monoisotopic (exact) mass is 221 g/mol. The first kappa shape index (κ1) is 10.6. The number of H-pyrrole nitrogens is 1. The van der Waals surface area contributed by atoms with Crippen molar-refractivity contribution in [2.45, 2.75) is 12.5 Å². The van der Waals surface area contributed by atoms with Gasteiger partial charge in [-0.15, -0.1) is 0 Å². The summed E-state index contributed by atoms with van der Waals surface area (Å²) in [5.41, 5.74) is 2.13. The highest BCUT2D eigenvalue weighted by Crippen LogP contribution is 2.22. The average Bonchev–Trinajstić information content (AvgIpc) is 2.72. The van der Waals surface area contributed by atoms with Gasteiger partial charge in [0.2, 0.25) is 0 Å². The molecule has 0 amide bonds. The normalized spacial score (nSPS) is 13.2. The third-order valence-electron chi connectivity index (χ3n) is 2.56. The highest BCUT2D eigenvalue weighted by Gasteiger charge is 2.07. The molecular formula is C12H15NOS. The molecule has 2 N–H and O–H groups in total. The third kappa shape index (κ3) is 2.36. The molecule has 0 saturated carbocycles. The van der Waals surface area contributed by atoms with Crippen molar-refractivity contribution in [1.82, 2.24) is 4.98 Å². The summed E-state index contributed by atoms with van der Waals surface area (Å²) in [6, 6.07) is 8.09. The van der Waals surface area contributed by atoms with E-state index in [2.05, 4.69) is 17.3 Å². The minimum absolute atomic E-state index is 0.336. The Morgan fingerprint density at radius 2 is 2.27 bits per heavy atom. The number of hydrogen-bond donors (Lipinski definition) is 2. The summed E-state index contributed by atoms with van der Waals surface area (Å²) >= 11 is 1.76. The number of aliphatic hydroxyl groups is 1. The molecule has 2 aromatic rings. The summed E-state index contributed by atoms with van der Waals surface area (Å²) in [6.45, 7) is 0. The standard InChI is InChI=1S/C12H15NOS/c1-15-7-5-12(14)10-2-3-11-9(8-10)4-6-13-11/h2-4,6,8,12-14H,5,7H2,1H3. The molecule has 1 unspecified atom stereocenters. The van der Waals surface area contributed by atoms with Gasteiger partial charge in [0.25, 0.3) is 0 Å². The molecule has 0 aliphatic rings. The van der Waals surface area contributed by atoms with E-state index in [-0.39, 0.29) is 6.10 Å². The van der Waals surface area contributed by atoms with Gasteiger partial charge in [-0.1, -0.05) is 6.07 Å². The predicted octanol–water partition coefficient (Wildman–Crippen LogP) is 2.95. The number of aromatic amines is 1. The topological polar surface area (TPSA) is 36.0 Å². The van der Waals surface area contributed by atoms with Gasteiger partial charge in [0.05, 0.1) is 6.10 Å². The van der Waals surface area contributed by atoms with Gasteiger partial charge in [0.1, 0.15) is 0 Å². The molecule has 3 heteroatoms. The van der Waals surface area contributed by atoms with Crippen LogP contribution in [0.2, 0.25) is 0 Å². The number of nitrogens with one attached hydrogen (secondary N) is 1. The lowest BCUT2D eigenvalue weighted by atomic mass is 10.1. The molecule has 1 aromatic carbocycles. The lowest BCUT2D eigenvalue weighted by Gasteiger charge is -2.09. The highest BCUT2D eigenvalue weighted by molar-refractivity contribution is 7.98. The lowest BCUT2D eigenvalue weighted by Crippen LogP contribution is -1.98. The maximum atomic E-state index is 9.93. The van der Waals surface area contributed by atoms with Crippen molar-refractivity contribution in [3.8, 4) is 0 Å². The summed E-state index contributed by atoms with van der Waals surface area (Å²) in [6.07, 6.45) is 4.46. The van der Waals surface area contributed by atoms with E-state index in [9.17, 15) is 5.11 Å². The quantitative estimate of drug-likeness (QED) is 0.832. The van der Waals surface area contributed by atoms with Gasteiger partial charge in [0, 0.05) is 11.7 Å². The molecule has 80 valence electrons. The number of hydrogen-bond acceptors (Lipinski definition) is 2. The van der Waals surface area contributed by atoms with Crippen LogP contribution in [0.5, 0.6) is 0 Å². The largest absolute Gasteiger partial charge is 0.388 e. The lowest BCUT2D eigenvalue weighted by molar-refractivity contribution is 0.175. The van der Waals surface area contributed by atoms with Crippen molar-refractivity contribution in [2.75, 3.05) is 12.0 Å². The smallest absolute Gasteiger partial charge is 0.0798 e. The van der Waals surface area contributed by atoms with E-state index in [1.165, 1.54) is 0 Å². The second-order valence-electron chi connectivity index (χ2n) is 3.62. The molecule has 0 spiro atoms. The van der Waals surface area contributed by atoms with E-state index in [1.54, 1.807) is 11.8 Å². The molecular weight excluding hydrogens is 206 g/mol. The molecule has 2 rings (SSSR count). The number of aliphatic hydroxyl groups excluding tert-OH is 1. The van der Waals surface area contributed by atoms with E-state index in [0.29, 0.717) is 0 Å². The molecule has 1 heterocycles. The molecule has 0 bridgehead atoms. The van der Waals surface area contributed by atoms with Crippen molar-refractivity contribution >= 4 is 22.7 Å². The van der Waals surface area contributed by atoms with E-state index in [4.69, 9.17) is 0 Å². The minimum atomic E-state index is -0.336. The zero-order valence-corrected chi connectivity index (χ0v) is 9.55. The Morgan fingerprint density at radius 3 is 3.07 bits per heavy atom. The van der Waals surface area contributed by atoms with Crippen LogP contribution in [0.25, 0.3) is 10.9 Å². The first-order valence-corrected chi connectivity index (χ1v) is 6.44. The second kappa shape index (κ2) is 4.73. The summed E-state index contributed by atoms with van der Waals surface area (Å²) in [5.74, 6) is 0.992. The molecule has 1 aromatic heterocycles. The van der Waals surface area contributed by atoms with Crippen LogP contribution in [0.15, 0.2) is 30.5 Å². The highest BCUT2D eigenvalue weighted by atomic mass is 32.2. The van der Waals surface area contributed by atoms with Gasteiger partial charge >= 0.3 is 0 Å². The molecule has 2 nitrogen and oxygen atoms in total. The summed E-state index contributed by atoms with van der Waals surface area (Å²) in [7, 11) is 0. The molecule has 0 fully saturated rings. The Labute approximate surface area is 93.7 Å². The Bertz CT molecular complexity index is 438. The Kier molecular flexibility index (Phi) is 3.34. The second-order valence-corrected chi connectivity index (χ2v) is 4.61. The van der Waals surface area contributed by atoms with Gasteiger partial charge in [-0.25, -0.2) is 0 Å². The van der Waals surface area contributed by atoms with Gasteiger partial charge < -0.3 is 10.1 Å². The van der Waals surface area contributed by atoms with Crippen LogP contribution in [0.1, 0.15) is 18.1 Å². The number of thioether (sulfide) groups is 1. The van der Waals surface area contributed by atoms with E-state index in [0.717, 1.165) is 28.6 Å². The van der Waals surface area contributed by atoms with Crippen LogP contribution >= 0.6 is 11.8 Å². The fourth-order valence-electron chi connectivity index (χ4n) is 1.68. The van der Waals surface area contributed by atoms with Crippen LogP contribution in [0, 0.1) is 0 Å². The molecule has 15 heavy (non-hydrogen) atoms. The fraction of sp³-hybridized carbons (Fsp3) is 0.333. The van der Waals surface area contributed by atoms with Crippen molar-refractivity contribution in [2.24, 2.45) is 0 Å². The minimum Gasteiger partial charge on any atom is -0.388 e. The van der Waals surface area contributed by atoms with Crippen molar-refractivity contribution < 1.29 is 5.11 Å². The van der Waals surface area contributed by atoms with Gasteiger partial charge in [-0.2, -0.15) is 11.8 Å². The summed E-state index contributed by atoms with van der Waals surface area (Å²) in [5, 5.41) is 11.1. The molecule has 0 aliphatic carbocycles. The predicted molar refractivity (Wildman–Crippen MR) is 66.3 cm³/mol. The maximum Gasteiger partial charge on any atom is 0.0798 e. The molecule has 0 saturated heterocycles. The van der Waals surface area contributed by atoms with Crippen LogP contribution in [-0.4, -0.2) is 22.1 Å². The van der Waals surface area contributed by atoms with Crippen LogP contribution in [0.4, 0.5) is 0 Å². The molecule has 0 radical (unpaired) electrons. The fourth-order valence-corrected chi connectivity index (χ4v) is 2.13. The summed E-state index contributed by atoms with van der Waals surface area (Å²) < 4.78 is 0. The van der Waals surface area contributed by atoms with E-state index >= 15 is 0 Å². The van der Waals surface area contributed by atoms with Gasteiger partial charge in [-0.05, 0) is 47.6 Å². The SMILES string of the molecule is CSCCC(O)c1ccc2[nH]ccc2c1. The van der Waals surface area contributed by atoms with Crippen molar-refractivity contribution in [3.05, 3.63) is 36.0 Å². The summed E-state index contributed by atoms with van der Waals surface area (Å²) in [4.78, 5) is 3.14. The number of fused-ring (bicyclic) bond motifs is 1. The zero-order chi connectivity index (χ0) is 10.7. The molecule has 0 aliphatic heterocycles. The van der Waals surface area contributed by atoms with Gasteiger partial charge in [-0.3, -0.25) is 0 Å². The van der Waals surface area contributed by atoms with Gasteiger partial charge in [0.15, 0.2) is 0 Å².